The molecule has 6 heteroatoms. The fourth-order valence-electron chi connectivity index (χ4n) is 2.18. The Labute approximate surface area is 139 Å². The number of ether oxygens (including phenoxy) is 1. The van der Waals surface area contributed by atoms with E-state index >= 15 is 0 Å². The molecule has 2 N–H and O–H groups in total. The Balaban J connectivity index is 2.27. The number of amides is 1. The fraction of sp³-hybridized carbons (Fsp3) is 0.167. The molecule has 0 fully saturated rings. The number of carboxylic acids is 1. The lowest BCUT2D eigenvalue weighted by molar-refractivity contribution is -0.135. The van der Waals surface area contributed by atoms with Gasteiger partial charge in [0.1, 0.15) is 6.54 Å². The summed E-state index contributed by atoms with van der Waals surface area (Å²) < 4.78 is 4.93. The van der Waals surface area contributed by atoms with Crippen molar-refractivity contribution in [3.8, 4) is 11.1 Å². The van der Waals surface area contributed by atoms with Crippen LogP contribution in [0.4, 0.5) is 0 Å². The van der Waals surface area contributed by atoms with Crippen molar-refractivity contribution in [1.29, 1.82) is 0 Å². The second-order valence-corrected chi connectivity index (χ2v) is 4.92. The van der Waals surface area contributed by atoms with Crippen molar-refractivity contribution in [1.82, 2.24) is 5.32 Å². The van der Waals surface area contributed by atoms with Crippen molar-refractivity contribution in [3.63, 3.8) is 0 Å². The zero-order valence-corrected chi connectivity index (χ0v) is 13.1. The van der Waals surface area contributed by atoms with Gasteiger partial charge in [0.2, 0.25) is 0 Å². The highest BCUT2D eigenvalue weighted by atomic mass is 16.5. The molecule has 2 aromatic carbocycles. The highest BCUT2D eigenvalue weighted by Crippen LogP contribution is 2.24. The Hall–Kier alpha value is -3.15. The van der Waals surface area contributed by atoms with Gasteiger partial charge in [0.15, 0.2) is 0 Å². The SMILES string of the molecule is CCOC(=O)c1ccc(-c2ccccc2C(=O)NCC(=O)O)cc1. The highest BCUT2D eigenvalue weighted by molar-refractivity contribution is 6.02. The molecule has 0 aromatic heterocycles. The van der Waals surface area contributed by atoms with Gasteiger partial charge in [-0.25, -0.2) is 4.79 Å². The maximum atomic E-state index is 12.2. The molecule has 24 heavy (non-hydrogen) atoms. The minimum absolute atomic E-state index is 0.299. The molecular formula is C18H17NO5. The largest absolute Gasteiger partial charge is 0.480 e. The molecule has 0 atom stereocenters. The number of hydrogen-bond donors (Lipinski definition) is 2. The van der Waals surface area contributed by atoms with Crippen LogP contribution < -0.4 is 5.32 Å². The Morgan fingerprint density at radius 2 is 1.71 bits per heavy atom. The van der Waals surface area contributed by atoms with Crippen molar-refractivity contribution in [2.45, 2.75) is 6.92 Å². The number of hydrogen-bond acceptors (Lipinski definition) is 4. The lowest BCUT2D eigenvalue weighted by Crippen LogP contribution is -2.29. The maximum Gasteiger partial charge on any atom is 0.338 e. The van der Waals surface area contributed by atoms with Gasteiger partial charge in [-0.3, -0.25) is 9.59 Å². The van der Waals surface area contributed by atoms with Crippen LogP contribution in [-0.4, -0.2) is 36.1 Å². The van der Waals surface area contributed by atoms with E-state index in [0.29, 0.717) is 23.3 Å². The molecule has 124 valence electrons. The minimum atomic E-state index is -1.11. The molecule has 0 aliphatic rings. The van der Waals surface area contributed by atoms with Crippen molar-refractivity contribution >= 4 is 17.8 Å². The summed E-state index contributed by atoms with van der Waals surface area (Å²) in [5.41, 5.74) is 2.18. The van der Waals surface area contributed by atoms with Crippen LogP contribution in [0, 0.1) is 0 Å². The van der Waals surface area contributed by atoms with Crippen LogP contribution in [0.15, 0.2) is 48.5 Å². The number of carboxylic acid groups (broad SMARTS) is 1. The van der Waals surface area contributed by atoms with Gasteiger partial charge in [0.05, 0.1) is 12.2 Å². The standard InChI is InChI=1S/C18H17NO5/c1-2-24-18(23)13-9-7-12(8-10-13)14-5-3-4-6-15(14)17(22)19-11-16(20)21/h3-10H,2,11H2,1H3,(H,19,22)(H,20,21). The minimum Gasteiger partial charge on any atom is -0.480 e. The fourth-order valence-corrected chi connectivity index (χ4v) is 2.18. The van der Waals surface area contributed by atoms with E-state index in [1.54, 1.807) is 55.5 Å². The molecule has 0 spiro atoms. The van der Waals surface area contributed by atoms with Gasteiger partial charge in [-0.1, -0.05) is 30.3 Å². The first-order valence-electron chi connectivity index (χ1n) is 7.39. The van der Waals surface area contributed by atoms with Crippen LogP contribution in [0.25, 0.3) is 11.1 Å². The van der Waals surface area contributed by atoms with Crippen molar-refractivity contribution < 1.29 is 24.2 Å². The van der Waals surface area contributed by atoms with Crippen LogP contribution >= 0.6 is 0 Å². The summed E-state index contributed by atoms with van der Waals surface area (Å²) in [4.78, 5) is 34.4. The molecule has 0 radical (unpaired) electrons. The van der Waals surface area contributed by atoms with Gasteiger partial charge < -0.3 is 15.2 Å². The average Bonchev–Trinajstić information content (AvgIpc) is 2.60. The van der Waals surface area contributed by atoms with E-state index in [4.69, 9.17) is 9.84 Å². The predicted molar refractivity (Wildman–Crippen MR) is 87.8 cm³/mol. The Bertz CT molecular complexity index is 752. The van der Waals surface area contributed by atoms with Gasteiger partial charge in [-0.2, -0.15) is 0 Å². The molecule has 0 aliphatic heterocycles. The maximum absolute atomic E-state index is 12.2. The van der Waals surface area contributed by atoms with Crippen LogP contribution in [0.5, 0.6) is 0 Å². The molecule has 0 unspecified atom stereocenters. The van der Waals surface area contributed by atoms with Gasteiger partial charge >= 0.3 is 11.9 Å². The van der Waals surface area contributed by atoms with Crippen LogP contribution in [0.1, 0.15) is 27.6 Å². The van der Waals surface area contributed by atoms with E-state index in [-0.39, 0.29) is 0 Å². The Morgan fingerprint density at radius 3 is 2.33 bits per heavy atom. The van der Waals surface area contributed by atoms with E-state index in [1.165, 1.54) is 0 Å². The van der Waals surface area contributed by atoms with Crippen molar-refractivity contribution in [3.05, 3.63) is 59.7 Å². The van der Waals surface area contributed by atoms with Gasteiger partial charge in [-0.05, 0) is 36.2 Å². The number of rotatable bonds is 6. The molecule has 0 saturated carbocycles. The first-order chi connectivity index (χ1) is 11.5. The van der Waals surface area contributed by atoms with E-state index in [9.17, 15) is 14.4 Å². The molecule has 2 aromatic rings. The number of nitrogens with one attached hydrogen (secondary N) is 1. The molecule has 6 nitrogen and oxygen atoms in total. The summed E-state index contributed by atoms with van der Waals surface area (Å²) in [6.07, 6.45) is 0. The van der Waals surface area contributed by atoms with E-state index in [0.717, 1.165) is 5.56 Å². The van der Waals surface area contributed by atoms with Crippen LogP contribution in [0.3, 0.4) is 0 Å². The third kappa shape index (κ3) is 4.19. The van der Waals surface area contributed by atoms with E-state index in [2.05, 4.69) is 5.32 Å². The molecular weight excluding hydrogens is 310 g/mol. The number of benzene rings is 2. The summed E-state index contributed by atoms with van der Waals surface area (Å²) in [6.45, 7) is 1.58. The number of esters is 1. The monoisotopic (exact) mass is 327 g/mol. The smallest absolute Gasteiger partial charge is 0.338 e. The molecule has 0 bridgehead atoms. The second-order valence-electron chi connectivity index (χ2n) is 4.92. The zero-order valence-electron chi connectivity index (χ0n) is 13.1. The number of carbonyl (C=O) groups is 3. The zero-order chi connectivity index (χ0) is 17.5. The first-order valence-corrected chi connectivity index (χ1v) is 7.39. The normalized spacial score (nSPS) is 10.0. The quantitative estimate of drug-likeness (QED) is 0.795. The predicted octanol–water partition coefficient (Wildman–Crippen LogP) is 2.34. The van der Waals surface area contributed by atoms with Crippen LogP contribution in [-0.2, 0) is 9.53 Å². The summed E-state index contributed by atoms with van der Waals surface area (Å²) in [5, 5.41) is 11.0. The lowest BCUT2D eigenvalue weighted by Gasteiger charge is -2.10. The molecule has 0 saturated heterocycles. The van der Waals surface area contributed by atoms with Gasteiger partial charge in [0.25, 0.3) is 5.91 Å². The highest BCUT2D eigenvalue weighted by Gasteiger charge is 2.14. The lowest BCUT2D eigenvalue weighted by atomic mass is 9.98. The van der Waals surface area contributed by atoms with Crippen LogP contribution in [0.2, 0.25) is 0 Å². The van der Waals surface area contributed by atoms with Gasteiger partial charge in [0, 0.05) is 5.56 Å². The summed E-state index contributed by atoms with van der Waals surface area (Å²) in [7, 11) is 0. The van der Waals surface area contributed by atoms with Crippen molar-refractivity contribution in [2.75, 3.05) is 13.2 Å². The first kappa shape index (κ1) is 17.2. The average molecular weight is 327 g/mol. The molecule has 2 rings (SSSR count). The third-order valence-electron chi connectivity index (χ3n) is 3.28. The summed E-state index contributed by atoms with van der Waals surface area (Å²) in [6, 6.07) is 13.5. The summed E-state index contributed by atoms with van der Waals surface area (Å²) >= 11 is 0. The topological polar surface area (TPSA) is 92.7 Å². The Morgan fingerprint density at radius 1 is 1.04 bits per heavy atom. The third-order valence-corrected chi connectivity index (χ3v) is 3.28. The summed E-state index contributed by atoms with van der Waals surface area (Å²) in [5.74, 6) is -1.99. The van der Waals surface area contributed by atoms with E-state index in [1.807, 2.05) is 0 Å². The second kappa shape index (κ2) is 7.92. The number of aliphatic carboxylic acids is 1. The van der Waals surface area contributed by atoms with Crippen molar-refractivity contribution in [2.24, 2.45) is 0 Å². The Kier molecular flexibility index (Phi) is 5.68. The van der Waals surface area contributed by atoms with Gasteiger partial charge in [-0.15, -0.1) is 0 Å². The molecule has 0 heterocycles. The molecule has 0 aliphatic carbocycles. The van der Waals surface area contributed by atoms with E-state index < -0.39 is 24.4 Å². The number of carbonyl (C=O) groups excluding carboxylic acids is 2. The molecule has 1 amide bonds.